The summed E-state index contributed by atoms with van der Waals surface area (Å²) in [5.74, 6) is -0.0402. The van der Waals surface area contributed by atoms with Gasteiger partial charge in [0.1, 0.15) is 0 Å². The molecule has 0 heterocycles. The van der Waals surface area contributed by atoms with Crippen molar-refractivity contribution in [1.29, 1.82) is 0 Å². The maximum Gasteiger partial charge on any atom is 0.224 e. The summed E-state index contributed by atoms with van der Waals surface area (Å²) in [5, 5.41) is 12.0. The third kappa shape index (κ3) is 2.96. The molecule has 1 rings (SSSR count). The summed E-state index contributed by atoms with van der Waals surface area (Å²) in [6.07, 6.45) is 3.09. The quantitative estimate of drug-likeness (QED) is 0.598. The summed E-state index contributed by atoms with van der Waals surface area (Å²) in [4.78, 5) is 11.6. The topological polar surface area (TPSA) is 75.3 Å². The third-order valence-corrected chi connectivity index (χ3v) is 2.89. The van der Waals surface area contributed by atoms with Crippen LogP contribution in [0.5, 0.6) is 0 Å². The van der Waals surface area contributed by atoms with Gasteiger partial charge in [-0.25, -0.2) is 0 Å². The van der Waals surface area contributed by atoms with Crippen molar-refractivity contribution in [2.75, 3.05) is 6.54 Å². The van der Waals surface area contributed by atoms with Crippen molar-refractivity contribution >= 4 is 5.91 Å². The molecule has 4 nitrogen and oxygen atoms in total. The number of rotatable bonds is 4. The van der Waals surface area contributed by atoms with Gasteiger partial charge in [0.05, 0.1) is 12.0 Å². The highest BCUT2D eigenvalue weighted by Crippen LogP contribution is 2.23. The van der Waals surface area contributed by atoms with E-state index >= 15 is 0 Å². The van der Waals surface area contributed by atoms with Crippen LogP contribution in [0.15, 0.2) is 0 Å². The minimum absolute atomic E-state index is 0.00231. The molecule has 1 aliphatic rings. The van der Waals surface area contributed by atoms with Gasteiger partial charge in [0.25, 0.3) is 0 Å². The molecule has 0 radical (unpaired) electrons. The number of nitrogens with one attached hydrogen (secondary N) is 1. The van der Waals surface area contributed by atoms with Crippen LogP contribution in [0.1, 0.15) is 32.6 Å². The molecule has 1 fully saturated rings. The lowest BCUT2D eigenvalue weighted by Gasteiger charge is -2.16. The Morgan fingerprint density at radius 1 is 1.64 bits per heavy atom. The van der Waals surface area contributed by atoms with E-state index in [-0.39, 0.29) is 17.9 Å². The highest BCUT2D eigenvalue weighted by Gasteiger charge is 2.29. The van der Waals surface area contributed by atoms with Gasteiger partial charge in [0.15, 0.2) is 0 Å². The molecule has 0 spiro atoms. The van der Waals surface area contributed by atoms with Crippen molar-refractivity contribution in [1.82, 2.24) is 5.32 Å². The molecule has 0 aliphatic heterocycles. The molecule has 0 bridgehead atoms. The van der Waals surface area contributed by atoms with Crippen LogP contribution in [0.2, 0.25) is 0 Å². The fourth-order valence-electron chi connectivity index (χ4n) is 1.81. The van der Waals surface area contributed by atoms with E-state index in [1.54, 1.807) is 0 Å². The Balaban J connectivity index is 2.27. The van der Waals surface area contributed by atoms with E-state index in [0.717, 1.165) is 19.3 Å². The molecule has 0 aromatic heterocycles. The number of nitrogens with two attached hydrogens (primary N) is 1. The molecule has 1 amide bonds. The Hall–Kier alpha value is -0.610. The molecular formula is C10H20N2O2. The van der Waals surface area contributed by atoms with E-state index in [9.17, 15) is 9.90 Å². The number of aliphatic hydroxyl groups excluding tert-OH is 1. The zero-order valence-electron chi connectivity index (χ0n) is 8.70. The minimum atomic E-state index is -0.434. The van der Waals surface area contributed by atoms with Crippen molar-refractivity contribution in [2.45, 2.75) is 44.8 Å². The zero-order chi connectivity index (χ0) is 10.6. The average molecular weight is 200 g/mol. The Bertz CT molecular complexity index is 197. The van der Waals surface area contributed by atoms with Gasteiger partial charge in [-0.1, -0.05) is 13.3 Å². The summed E-state index contributed by atoms with van der Waals surface area (Å²) >= 11 is 0. The first kappa shape index (κ1) is 11.5. The van der Waals surface area contributed by atoms with Crippen LogP contribution >= 0.6 is 0 Å². The second kappa shape index (κ2) is 5.32. The number of aliphatic hydroxyl groups is 1. The Labute approximate surface area is 84.9 Å². The smallest absolute Gasteiger partial charge is 0.224 e. The van der Waals surface area contributed by atoms with Gasteiger partial charge < -0.3 is 16.2 Å². The number of amides is 1. The molecule has 14 heavy (non-hydrogen) atoms. The zero-order valence-corrected chi connectivity index (χ0v) is 8.70. The maximum absolute atomic E-state index is 11.6. The molecule has 4 N–H and O–H groups in total. The van der Waals surface area contributed by atoms with E-state index in [2.05, 4.69) is 5.32 Å². The molecule has 1 saturated carbocycles. The molecule has 0 aromatic carbocycles. The van der Waals surface area contributed by atoms with Crippen LogP contribution in [-0.4, -0.2) is 29.7 Å². The fraction of sp³-hybridized carbons (Fsp3) is 0.900. The van der Waals surface area contributed by atoms with E-state index < -0.39 is 6.10 Å². The maximum atomic E-state index is 11.6. The lowest BCUT2D eigenvalue weighted by molar-refractivity contribution is -0.125. The number of carbonyl (C=O) groups excluding carboxylic acids is 1. The Morgan fingerprint density at radius 2 is 2.36 bits per heavy atom. The largest absolute Gasteiger partial charge is 0.391 e. The van der Waals surface area contributed by atoms with E-state index in [1.807, 2.05) is 6.92 Å². The van der Waals surface area contributed by atoms with Crippen molar-refractivity contribution in [3.8, 4) is 0 Å². The third-order valence-electron chi connectivity index (χ3n) is 2.89. The van der Waals surface area contributed by atoms with Crippen molar-refractivity contribution in [3.63, 3.8) is 0 Å². The Morgan fingerprint density at radius 3 is 2.86 bits per heavy atom. The van der Waals surface area contributed by atoms with Gasteiger partial charge in [0.2, 0.25) is 5.91 Å². The Kier molecular flexibility index (Phi) is 4.35. The van der Waals surface area contributed by atoms with Crippen LogP contribution in [0.3, 0.4) is 0 Å². The van der Waals surface area contributed by atoms with E-state index in [4.69, 9.17) is 5.73 Å². The molecule has 82 valence electrons. The summed E-state index contributed by atoms with van der Waals surface area (Å²) in [7, 11) is 0. The highest BCUT2D eigenvalue weighted by atomic mass is 16.3. The predicted octanol–water partition coefficient (Wildman–Crippen LogP) is 0.000900. The summed E-state index contributed by atoms with van der Waals surface area (Å²) in [6, 6.07) is 0.00812. The highest BCUT2D eigenvalue weighted by molar-refractivity contribution is 5.79. The van der Waals surface area contributed by atoms with Crippen molar-refractivity contribution in [2.24, 2.45) is 11.7 Å². The van der Waals surface area contributed by atoms with E-state index in [1.165, 1.54) is 0 Å². The lowest BCUT2D eigenvalue weighted by atomic mass is 10.0. The molecule has 3 atom stereocenters. The number of hydrogen-bond donors (Lipinski definition) is 3. The summed E-state index contributed by atoms with van der Waals surface area (Å²) in [5.41, 5.74) is 5.80. The van der Waals surface area contributed by atoms with Crippen LogP contribution < -0.4 is 11.1 Å². The van der Waals surface area contributed by atoms with Gasteiger partial charge in [-0.3, -0.25) is 4.79 Å². The number of hydrogen-bond acceptors (Lipinski definition) is 3. The molecular weight excluding hydrogens is 180 g/mol. The van der Waals surface area contributed by atoms with Gasteiger partial charge in [0, 0.05) is 12.6 Å². The minimum Gasteiger partial charge on any atom is -0.391 e. The first-order chi connectivity index (χ1) is 6.65. The van der Waals surface area contributed by atoms with Gasteiger partial charge >= 0.3 is 0 Å². The second-order valence-electron chi connectivity index (χ2n) is 4.01. The summed E-state index contributed by atoms with van der Waals surface area (Å²) < 4.78 is 0. The van der Waals surface area contributed by atoms with Crippen LogP contribution in [0, 0.1) is 5.92 Å². The van der Waals surface area contributed by atoms with Crippen LogP contribution in [-0.2, 0) is 4.79 Å². The molecule has 1 aliphatic carbocycles. The van der Waals surface area contributed by atoms with Crippen molar-refractivity contribution < 1.29 is 9.90 Å². The fourth-order valence-corrected chi connectivity index (χ4v) is 1.81. The van der Waals surface area contributed by atoms with Crippen molar-refractivity contribution in [3.05, 3.63) is 0 Å². The standard InChI is InChI=1S/C10H20N2O2/c1-2-7(13)6-12-10(14)8-4-3-5-9(8)11/h7-9,13H,2-6,11H2,1H3,(H,12,14). The monoisotopic (exact) mass is 200 g/mol. The number of carbonyl (C=O) groups is 1. The molecule has 4 heteroatoms. The second-order valence-corrected chi connectivity index (χ2v) is 4.01. The normalized spacial score (nSPS) is 28.8. The SMILES string of the molecule is CCC(O)CNC(=O)C1CCCC1N. The van der Waals surface area contributed by atoms with Gasteiger partial charge in [-0.05, 0) is 19.3 Å². The lowest BCUT2D eigenvalue weighted by Crippen LogP contribution is -2.41. The molecule has 3 unspecified atom stereocenters. The molecule has 0 saturated heterocycles. The average Bonchev–Trinajstić information content (AvgIpc) is 2.60. The first-order valence-electron chi connectivity index (χ1n) is 5.36. The van der Waals surface area contributed by atoms with Crippen LogP contribution in [0.4, 0.5) is 0 Å². The summed E-state index contributed by atoms with van der Waals surface area (Å²) in [6.45, 7) is 2.23. The molecule has 0 aromatic rings. The van der Waals surface area contributed by atoms with Gasteiger partial charge in [-0.15, -0.1) is 0 Å². The van der Waals surface area contributed by atoms with Gasteiger partial charge in [-0.2, -0.15) is 0 Å². The van der Waals surface area contributed by atoms with Crippen LogP contribution in [0.25, 0.3) is 0 Å². The van der Waals surface area contributed by atoms with E-state index in [0.29, 0.717) is 13.0 Å². The first-order valence-corrected chi connectivity index (χ1v) is 5.36. The predicted molar refractivity (Wildman–Crippen MR) is 54.6 cm³/mol.